The average molecular weight is 156 g/mol. The van der Waals surface area contributed by atoms with E-state index in [2.05, 4.69) is 11.9 Å². The third-order valence-corrected chi connectivity index (χ3v) is 2.71. The van der Waals surface area contributed by atoms with Gasteiger partial charge in [0, 0.05) is 25.2 Å². The fraction of sp³-hybridized carbons (Fsp3) is 0.857. The molecule has 0 aromatic rings. The van der Waals surface area contributed by atoms with Crippen LogP contribution in [0.2, 0.25) is 0 Å². The van der Waals surface area contributed by atoms with Crippen molar-refractivity contribution in [2.24, 2.45) is 0 Å². The molecule has 0 aliphatic carbocycles. The molecule has 0 aromatic carbocycles. The standard InChI is InChI=1S/C7H12N2O2/c1-8-2-6-5(8)3-9(6)4-7(10)11/h5-6H,2-4H2,1H3,(H,10,11)/t5-,6?/m1/s1. The molecule has 1 N–H and O–H groups in total. The van der Waals surface area contributed by atoms with Crippen LogP contribution < -0.4 is 0 Å². The predicted molar refractivity (Wildman–Crippen MR) is 39.4 cm³/mol. The van der Waals surface area contributed by atoms with Crippen molar-refractivity contribution in [3.05, 3.63) is 0 Å². The van der Waals surface area contributed by atoms with E-state index in [1.807, 2.05) is 4.90 Å². The average Bonchev–Trinajstić information content (AvgIpc) is 1.91. The van der Waals surface area contributed by atoms with Gasteiger partial charge in [-0.05, 0) is 7.05 Å². The van der Waals surface area contributed by atoms with Gasteiger partial charge in [0.1, 0.15) is 0 Å². The number of hydrogen-bond donors (Lipinski definition) is 1. The number of carboxylic acid groups (broad SMARTS) is 1. The van der Waals surface area contributed by atoms with Gasteiger partial charge in [-0.15, -0.1) is 0 Å². The smallest absolute Gasteiger partial charge is 0.317 e. The Labute approximate surface area is 65.4 Å². The summed E-state index contributed by atoms with van der Waals surface area (Å²) in [6.45, 7) is 2.19. The number of aliphatic carboxylic acids is 1. The summed E-state index contributed by atoms with van der Waals surface area (Å²) in [5, 5.41) is 8.49. The summed E-state index contributed by atoms with van der Waals surface area (Å²) in [5.41, 5.74) is 0. The molecule has 0 radical (unpaired) electrons. The molecule has 1 unspecified atom stereocenters. The van der Waals surface area contributed by atoms with E-state index in [4.69, 9.17) is 5.11 Å². The van der Waals surface area contributed by atoms with Crippen LogP contribution in [0.15, 0.2) is 0 Å². The number of hydrogen-bond acceptors (Lipinski definition) is 3. The summed E-state index contributed by atoms with van der Waals surface area (Å²) in [5.74, 6) is -0.710. The Morgan fingerprint density at radius 2 is 2.27 bits per heavy atom. The van der Waals surface area contributed by atoms with Crippen molar-refractivity contribution in [1.29, 1.82) is 0 Å². The lowest BCUT2D eigenvalue weighted by molar-refractivity contribution is -0.152. The minimum Gasteiger partial charge on any atom is -0.480 e. The van der Waals surface area contributed by atoms with E-state index in [-0.39, 0.29) is 6.54 Å². The van der Waals surface area contributed by atoms with Gasteiger partial charge in [-0.3, -0.25) is 14.6 Å². The van der Waals surface area contributed by atoms with Crippen LogP contribution in [0, 0.1) is 0 Å². The predicted octanol–water partition coefficient (Wildman–Crippen LogP) is -0.931. The van der Waals surface area contributed by atoms with Crippen LogP contribution in [0.25, 0.3) is 0 Å². The molecular weight excluding hydrogens is 144 g/mol. The maximum atomic E-state index is 10.3. The van der Waals surface area contributed by atoms with Crippen molar-refractivity contribution in [3.63, 3.8) is 0 Å². The first-order valence-corrected chi connectivity index (χ1v) is 3.84. The van der Waals surface area contributed by atoms with E-state index in [9.17, 15) is 4.79 Å². The van der Waals surface area contributed by atoms with Gasteiger partial charge in [0.15, 0.2) is 0 Å². The maximum Gasteiger partial charge on any atom is 0.317 e. The summed E-state index contributed by atoms with van der Waals surface area (Å²) < 4.78 is 0. The van der Waals surface area contributed by atoms with Gasteiger partial charge < -0.3 is 5.11 Å². The molecule has 0 amide bonds. The van der Waals surface area contributed by atoms with Crippen molar-refractivity contribution in [2.75, 3.05) is 26.7 Å². The second-order valence-electron chi connectivity index (χ2n) is 3.40. The molecule has 2 heterocycles. The topological polar surface area (TPSA) is 43.8 Å². The van der Waals surface area contributed by atoms with Crippen LogP contribution in [0.4, 0.5) is 0 Å². The Balaban J connectivity index is 1.81. The molecule has 4 nitrogen and oxygen atoms in total. The van der Waals surface area contributed by atoms with E-state index in [1.54, 1.807) is 0 Å². The zero-order valence-electron chi connectivity index (χ0n) is 6.53. The fourth-order valence-electron chi connectivity index (χ4n) is 1.92. The van der Waals surface area contributed by atoms with E-state index in [0.29, 0.717) is 12.1 Å². The van der Waals surface area contributed by atoms with E-state index in [0.717, 1.165) is 13.1 Å². The Hall–Kier alpha value is -0.610. The molecule has 2 aliphatic rings. The van der Waals surface area contributed by atoms with Crippen LogP contribution >= 0.6 is 0 Å². The summed E-state index contributed by atoms with van der Waals surface area (Å²) in [4.78, 5) is 14.6. The number of carboxylic acids is 1. The van der Waals surface area contributed by atoms with Gasteiger partial charge in [0.25, 0.3) is 0 Å². The SMILES string of the molecule is CN1CC2[C@H]1CN2CC(=O)O. The first-order chi connectivity index (χ1) is 5.18. The third-order valence-electron chi connectivity index (χ3n) is 2.71. The molecule has 2 rings (SSSR count). The zero-order valence-corrected chi connectivity index (χ0v) is 6.53. The Morgan fingerprint density at radius 1 is 1.55 bits per heavy atom. The lowest BCUT2D eigenvalue weighted by atomic mass is 9.86. The Kier molecular flexibility index (Phi) is 1.40. The van der Waals surface area contributed by atoms with Crippen LogP contribution in [-0.4, -0.2) is 59.6 Å². The van der Waals surface area contributed by atoms with Crippen molar-refractivity contribution >= 4 is 5.97 Å². The molecule has 2 saturated heterocycles. The number of fused-ring (bicyclic) bond motifs is 1. The van der Waals surface area contributed by atoms with Gasteiger partial charge in [-0.2, -0.15) is 0 Å². The van der Waals surface area contributed by atoms with Crippen molar-refractivity contribution in [1.82, 2.24) is 9.80 Å². The number of likely N-dealkylation sites (tertiary alicyclic amines) is 2. The molecule has 2 atom stereocenters. The lowest BCUT2D eigenvalue weighted by Gasteiger charge is -2.60. The summed E-state index contributed by atoms with van der Waals surface area (Å²) in [6, 6.07) is 1.19. The Morgan fingerprint density at radius 3 is 2.64 bits per heavy atom. The van der Waals surface area contributed by atoms with Gasteiger partial charge in [0.05, 0.1) is 6.54 Å². The maximum absolute atomic E-state index is 10.3. The molecule has 0 saturated carbocycles. The van der Waals surface area contributed by atoms with E-state index >= 15 is 0 Å². The summed E-state index contributed by atoms with van der Waals surface area (Å²) >= 11 is 0. The molecule has 0 bridgehead atoms. The quantitative estimate of drug-likeness (QED) is 0.561. The monoisotopic (exact) mass is 156 g/mol. The summed E-state index contributed by atoms with van der Waals surface area (Å²) in [6.07, 6.45) is 0. The van der Waals surface area contributed by atoms with Crippen LogP contribution in [0.5, 0.6) is 0 Å². The van der Waals surface area contributed by atoms with Gasteiger partial charge >= 0.3 is 5.97 Å². The number of nitrogens with zero attached hydrogens (tertiary/aromatic N) is 2. The van der Waals surface area contributed by atoms with Gasteiger partial charge in [-0.1, -0.05) is 0 Å². The first kappa shape index (κ1) is 7.06. The van der Waals surface area contributed by atoms with Crippen molar-refractivity contribution < 1.29 is 9.90 Å². The summed E-state index contributed by atoms with van der Waals surface area (Å²) in [7, 11) is 2.08. The van der Waals surface area contributed by atoms with E-state index < -0.39 is 5.97 Å². The number of likely N-dealkylation sites (N-methyl/N-ethyl adjacent to an activating group) is 1. The molecule has 0 aromatic heterocycles. The molecule has 11 heavy (non-hydrogen) atoms. The molecule has 0 spiro atoms. The molecule has 2 fully saturated rings. The fourth-order valence-corrected chi connectivity index (χ4v) is 1.92. The zero-order chi connectivity index (χ0) is 8.01. The molecule has 4 heteroatoms. The molecular formula is C7H12N2O2. The van der Waals surface area contributed by atoms with Crippen LogP contribution in [0.1, 0.15) is 0 Å². The van der Waals surface area contributed by atoms with Crippen LogP contribution in [0.3, 0.4) is 0 Å². The number of rotatable bonds is 2. The highest BCUT2D eigenvalue weighted by Gasteiger charge is 2.49. The van der Waals surface area contributed by atoms with Crippen molar-refractivity contribution in [3.8, 4) is 0 Å². The third kappa shape index (κ3) is 0.937. The molecule has 62 valence electrons. The second-order valence-corrected chi connectivity index (χ2v) is 3.40. The largest absolute Gasteiger partial charge is 0.480 e. The highest BCUT2D eigenvalue weighted by molar-refractivity contribution is 5.69. The highest BCUT2D eigenvalue weighted by Crippen LogP contribution is 2.31. The number of piperazine rings is 1. The molecule has 2 aliphatic heterocycles. The second kappa shape index (κ2) is 2.19. The number of carbonyl (C=O) groups is 1. The minimum atomic E-state index is -0.710. The van der Waals surface area contributed by atoms with Gasteiger partial charge in [-0.25, -0.2) is 0 Å². The lowest BCUT2D eigenvalue weighted by Crippen LogP contribution is -2.78. The van der Waals surface area contributed by atoms with Gasteiger partial charge in [0.2, 0.25) is 0 Å². The normalized spacial score (nSPS) is 37.2. The minimum absolute atomic E-state index is 0.217. The van der Waals surface area contributed by atoms with E-state index in [1.165, 1.54) is 0 Å². The van der Waals surface area contributed by atoms with Crippen LogP contribution in [-0.2, 0) is 4.79 Å². The van der Waals surface area contributed by atoms with Crippen molar-refractivity contribution in [2.45, 2.75) is 12.1 Å². The Bertz CT molecular complexity index is 195. The first-order valence-electron chi connectivity index (χ1n) is 3.84. The highest BCUT2D eigenvalue weighted by atomic mass is 16.4.